The highest BCUT2D eigenvalue weighted by Gasteiger charge is 2.25. The first-order chi connectivity index (χ1) is 17.6. The summed E-state index contributed by atoms with van der Waals surface area (Å²) in [5.74, 6) is -1.96. The number of nitrogens with zero attached hydrogens (tertiary/aromatic N) is 1. The van der Waals surface area contributed by atoms with Gasteiger partial charge in [0.1, 0.15) is 12.6 Å². The SMILES string of the molecule is CCCC/C=C\C/C=C\CCCCCCCC(=O)OC(COCCC(C(=O)[O-])[N+](C)(C)C)COC(C)=O. The maximum Gasteiger partial charge on any atom is 0.306 e. The van der Waals surface area contributed by atoms with Gasteiger partial charge in [-0.05, 0) is 32.1 Å². The van der Waals surface area contributed by atoms with Crippen molar-refractivity contribution in [3.63, 3.8) is 0 Å². The fraction of sp³-hybridized carbons (Fsp3) is 0.759. The fourth-order valence-corrected chi connectivity index (χ4v) is 3.69. The number of hydrogen-bond donors (Lipinski definition) is 0. The van der Waals surface area contributed by atoms with Crippen LogP contribution in [0.5, 0.6) is 0 Å². The van der Waals surface area contributed by atoms with Crippen LogP contribution in [0, 0.1) is 0 Å². The number of carboxylic acids is 1. The van der Waals surface area contributed by atoms with Crippen LogP contribution in [0.15, 0.2) is 24.3 Å². The molecule has 0 bridgehead atoms. The van der Waals surface area contributed by atoms with E-state index >= 15 is 0 Å². The average Bonchev–Trinajstić information content (AvgIpc) is 2.81. The predicted molar refractivity (Wildman–Crippen MR) is 144 cm³/mol. The number of allylic oxidation sites excluding steroid dienone is 4. The zero-order valence-corrected chi connectivity index (χ0v) is 23.9. The number of carbonyl (C=O) groups excluding carboxylic acids is 3. The summed E-state index contributed by atoms with van der Waals surface area (Å²) in [7, 11) is 5.33. The highest BCUT2D eigenvalue weighted by Crippen LogP contribution is 2.11. The molecule has 0 aromatic rings. The molecule has 0 fully saturated rings. The van der Waals surface area contributed by atoms with Gasteiger partial charge in [0.05, 0.1) is 40.3 Å². The summed E-state index contributed by atoms with van der Waals surface area (Å²) in [4.78, 5) is 34.8. The van der Waals surface area contributed by atoms with Crippen molar-refractivity contribution in [2.45, 2.75) is 103 Å². The molecule has 0 aliphatic heterocycles. The van der Waals surface area contributed by atoms with E-state index in [1.54, 1.807) is 21.1 Å². The smallest absolute Gasteiger partial charge is 0.306 e. The Morgan fingerprint density at radius 1 is 0.865 bits per heavy atom. The Balaban J connectivity index is 4.11. The van der Waals surface area contributed by atoms with Gasteiger partial charge in [-0.1, -0.05) is 63.3 Å². The second kappa shape index (κ2) is 21.9. The van der Waals surface area contributed by atoms with Gasteiger partial charge in [0.25, 0.3) is 0 Å². The van der Waals surface area contributed by atoms with E-state index in [0.717, 1.165) is 44.9 Å². The van der Waals surface area contributed by atoms with Crippen LogP contribution in [0.2, 0.25) is 0 Å². The molecular formula is C29H51NO7. The number of unbranched alkanes of at least 4 members (excludes halogenated alkanes) is 7. The lowest BCUT2D eigenvalue weighted by Gasteiger charge is -2.34. The lowest BCUT2D eigenvalue weighted by Crippen LogP contribution is -2.55. The molecule has 0 N–H and O–H groups in total. The average molecular weight is 526 g/mol. The zero-order chi connectivity index (χ0) is 27.9. The van der Waals surface area contributed by atoms with Gasteiger partial charge in [0.15, 0.2) is 6.10 Å². The van der Waals surface area contributed by atoms with Crippen molar-refractivity contribution in [2.75, 3.05) is 41.0 Å². The molecule has 0 saturated heterocycles. The van der Waals surface area contributed by atoms with Crippen molar-refractivity contribution in [3.05, 3.63) is 24.3 Å². The Morgan fingerprint density at radius 3 is 2.08 bits per heavy atom. The maximum atomic E-state index is 12.3. The third kappa shape index (κ3) is 21.6. The lowest BCUT2D eigenvalue weighted by atomic mass is 10.1. The summed E-state index contributed by atoms with van der Waals surface area (Å²) < 4.78 is 16.2. The Morgan fingerprint density at radius 2 is 1.49 bits per heavy atom. The lowest BCUT2D eigenvalue weighted by molar-refractivity contribution is -0.889. The standard InChI is InChI=1S/C29H51NO7/c1-6-7-8-9-10-11-12-13-14-15-16-17-18-19-20-28(32)37-26(24-36-25(2)31)23-35-22-21-27(29(33)34)30(3,4)5/h9-10,12-13,26-27H,6-8,11,14-24H2,1-5H3/b10-9-,13-12-. The van der Waals surface area contributed by atoms with E-state index in [4.69, 9.17) is 14.2 Å². The molecule has 214 valence electrons. The van der Waals surface area contributed by atoms with Gasteiger partial charge in [0, 0.05) is 19.8 Å². The number of quaternary nitrogens is 1. The van der Waals surface area contributed by atoms with Crippen LogP contribution < -0.4 is 5.11 Å². The third-order valence-electron chi connectivity index (χ3n) is 5.90. The molecule has 2 unspecified atom stereocenters. The number of rotatable bonds is 23. The summed E-state index contributed by atoms with van der Waals surface area (Å²) in [6, 6.07) is -0.719. The highest BCUT2D eigenvalue weighted by atomic mass is 16.6. The number of carboxylic acid groups (broad SMARTS) is 1. The first kappa shape index (κ1) is 34.8. The quantitative estimate of drug-likeness (QED) is 0.0856. The van der Waals surface area contributed by atoms with Crippen molar-refractivity contribution in [3.8, 4) is 0 Å². The van der Waals surface area contributed by atoms with Crippen molar-refractivity contribution < 1.29 is 38.2 Å². The second-order valence-corrected chi connectivity index (χ2v) is 10.4. The molecule has 0 radical (unpaired) electrons. The minimum atomic E-state index is -1.14. The van der Waals surface area contributed by atoms with E-state index < -0.39 is 24.1 Å². The fourth-order valence-electron chi connectivity index (χ4n) is 3.69. The molecule has 2 atom stereocenters. The molecule has 0 aliphatic rings. The molecule has 8 nitrogen and oxygen atoms in total. The molecule has 0 saturated carbocycles. The third-order valence-corrected chi connectivity index (χ3v) is 5.90. The van der Waals surface area contributed by atoms with Crippen LogP contribution in [0.25, 0.3) is 0 Å². The summed E-state index contributed by atoms with van der Waals surface area (Å²) in [6.07, 6.45) is 19.6. The first-order valence-corrected chi connectivity index (χ1v) is 13.8. The van der Waals surface area contributed by atoms with Crippen LogP contribution in [-0.4, -0.2) is 75.5 Å². The van der Waals surface area contributed by atoms with E-state index in [9.17, 15) is 19.5 Å². The number of esters is 2. The van der Waals surface area contributed by atoms with Crippen LogP contribution >= 0.6 is 0 Å². The summed E-state index contributed by atoms with van der Waals surface area (Å²) in [6.45, 7) is 3.58. The molecule has 0 heterocycles. The van der Waals surface area contributed by atoms with Crippen molar-refractivity contribution in [1.29, 1.82) is 0 Å². The normalized spacial score (nSPS) is 13.6. The van der Waals surface area contributed by atoms with E-state index in [1.807, 2.05) is 0 Å². The Bertz CT molecular complexity index is 682. The van der Waals surface area contributed by atoms with Crippen molar-refractivity contribution in [1.82, 2.24) is 0 Å². The van der Waals surface area contributed by atoms with E-state index in [-0.39, 0.29) is 36.7 Å². The van der Waals surface area contributed by atoms with Crippen molar-refractivity contribution >= 4 is 17.9 Å². The predicted octanol–water partition coefficient (Wildman–Crippen LogP) is 4.12. The zero-order valence-electron chi connectivity index (χ0n) is 23.9. The van der Waals surface area contributed by atoms with Crippen LogP contribution in [0.1, 0.15) is 90.9 Å². The van der Waals surface area contributed by atoms with Crippen molar-refractivity contribution in [2.24, 2.45) is 0 Å². The van der Waals surface area contributed by atoms with Gasteiger partial charge in [-0.3, -0.25) is 9.59 Å². The van der Waals surface area contributed by atoms with Gasteiger partial charge in [-0.2, -0.15) is 0 Å². The minimum Gasteiger partial charge on any atom is -0.544 e. The summed E-state index contributed by atoms with van der Waals surface area (Å²) in [5, 5.41) is 11.4. The van der Waals surface area contributed by atoms with Crippen LogP contribution in [0.4, 0.5) is 0 Å². The topological polar surface area (TPSA) is 102 Å². The number of carbonyl (C=O) groups is 3. The molecule has 8 heteroatoms. The highest BCUT2D eigenvalue weighted by molar-refractivity contribution is 5.70. The number of ether oxygens (including phenoxy) is 3. The van der Waals surface area contributed by atoms with Gasteiger partial charge < -0.3 is 28.6 Å². The Hall–Kier alpha value is -2.19. The van der Waals surface area contributed by atoms with Gasteiger partial charge in [-0.25, -0.2) is 0 Å². The van der Waals surface area contributed by atoms with Gasteiger partial charge in [-0.15, -0.1) is 0 Å². The largest absolute Gasteiger partial charge is 0.544 e. The number of hydrogen-bond acceptors (Lipinski definition) is 7. The number of likely N-dealkylation sites (N-methyl/N-ethyl adjacent to an activating group) is 1. The molecule has 0 aliphatic carbocycles. The van der Waals surface area contributed by atoms with Gasteiger partial charge in [0.2, 0.25) is 0 Å². The number of aliphatic carboxylic acids is 1. The molecule has 37 heavy (non-hydrogen) atoms. The monoisotopic (exact) mass is 525 g/mol. The summed E-state index contributed by atoms with van der Waals surface area (Å²) in [5.41, 5.74) is 0. The molecule has 0 aromatic heterocycles. The maximum absolute atomic E-state index is 12.3. The van der Waals surface area contributed by atoms with E-state index in [2.05, 4.69) is 31.2 Å². The molecule has 0 amide bonds. The van der Waals surface area contributed by atoms with E-state index in [1.165, 1.54) is 26.2 Å². The van der Waals surface area contributed by atoms with E-state index in [0.29, 0.717) is 6.42 Å². The molecule has 0 spiro atoms. The van der Waals surface area contributed by atoms with Crippen LogP contribution in [-0.2, 0) is 28.6 Å². The Kier molecular flexibility index (Phi) is 20.6. The Labute approximate surface area is 224 Å². The minimum absolute atomic E-state index is 0.0258. The summed E-state index contributed by atoms with van der Waals surface area (Å²) >= 11 is 0. The first-order valence-electron chi connectivity index (χ1n) is 13.8. The molecule has 0 aromatic carbocycles. The second-order valence-electron chi connectivity index (χ2n) is 10.4. The van der Waals surface area contributed by atoms with Crippen LogP contribution in [0.3, 0.4) is 0 Å². The molecule has 0 rings (SSSR count). The molecular weight excluding hydrogens is 474 g/mol. The van der Waals surface area contributed by atoms with Gasteiger partial charge >= 0.3 is 11.9 Å².